The average Bonchev–Trinajstić information content (AvgIpc) is 2.57. The van der Waals surface area contributed by atoms with E-state index in [1.165, 1.54) is 16.7 Å². The normalized spacial score (nSPS) is 16.1. The fourth-order valence-corrected chi connectivity index (χ4v) is 2.51. The van der Waals surface area contributed by atoms with Crippen LogP contribution in [-0.2, 0) is 0 Å². The van der Waals surface area contributed by atoms with Crippen LogP contribution in [0.4, 0.5) is 0 Å². The van der Waals surface area contributed by atoms with Crippen molar-refractivity contribution in [3.05, 3.63) is 29.3 Å². The van der Waals surface area contributed by atoms with Crippen molar-refractivity contribution in [2.24, 2.45) is 5.41 Å². The Morgan fingerprint density at radius 2 is 1.65 bits per heavy atom. The van der Waals surface area contributed by atoms with Crippen LogP contribution >= 0.6 is 0 Å². The second kappa shape index (κ2) is 4.83. The van der Waals surface area contributed by atoms with Gasteiger partial charge in [0, 0.05) is 13.8 Å². The largest absolute Gasteiger partial charge is 0.449 e. The molecule has 0 saturated heterocycles. The summed E-state index contributed by atoms with van der Waals surface area (Å²) >= 11 is 0. The van der Waals surface area contributed by atoms with E-state index in [0.717, 1.165) is 17.9 Å². The summed E-state index contributed by atoms with van der Waals surface area (Å²) in [6.07, 6.45) is 1.05. The Morgan fingerprint density at radius 3 is 2.20 bits per heavy atom. The van der Waals surface area contributed by atoms with Crippen LogP contribution in [0.5, 0.6) is 11.5 Å². The first-order valence-corrected chi connectivity index (χ1v) is 7.26. The van der Waals surface area contributed by atoms with Crippen molar-refractivity contribution >= 4 is 5.57 Å². The van der Waals surface area contributed by atoms with Gasteiger partial charge in [-0.3, -0.25) is 0 Å². The van der Waals surface area contributed by atoms with Crippen molar-refractivity contribution in [1.82, 2.24) is 0 Å². The molecule has 0 saturated carbocycles. The van der Waals surface area contributed by atoms with E-state index in [9.17, 15) is 0 Å². The van der Waals surface area contributed by atoms with Gasteiger partial charge >= 0.3 is 0 Å². The first-order valence-electron chi connectivity index (χ1n) is 7.26. The van der Waals surface area contributed by atoms with Gasteiger partial charge in [0.05, 0.1) is 0 Å². The van der Waals surface area contributed by atoms with E-state index in [1.807, 2.05) is 19.9 Å². The number of benzene rings is 1. The first-order chi connectivity index (χ1) is 9.07. The Labute approximate surface area is 122 Å². The van der Waals surface area contributed by atoms with Crippen molar-refractivity contribution in [3.63, 3.8) is 0 Å². The summed E-state index contributed by atoms with van der Waals surface area (Å²) in [4.78, 5) is 0. The van der Waals surface area contributed by atoms with Crippen molar-refractivity contribution in [3.8, 4) is 11.5 Å². The number of hydrogen-bond donors (Lipinski definition) is 0. The third kappa shape index (κ3) is 3.36. The van der Waals surface area contributed by atoms with Crippen LogP contribution in [0.1, 0.15) is 60.5 Å². The van der Waals surface area contributed by atoms with Gasteiger partial charge in [-0.05, 0) is 49.0 Å². The summed E-state index contributed by atoms with van der Waals surface area (Å²) in [6, 6.07) is 6.26. The van der Waals surface area contributed by atoms with Crippen LogP contribution in [0.3, 0.4) is 0 Å². The zero-order valence-electron chi connectivity index (χ0n) is 13.8. The highest BCUT2D eigenvalue weighted by Crippen LogP contribution is 2.42. The molecule has 1 aromatic carbocycles. The third-order valence-corrected chi connectivity index (χ3v) is 3.31. The summed E-state index contributed by atoms with van der Waals surface area (Å²) in [5.74, 6) is 1.12. The molecule has 0 N–H and O–H groups in total. The molecule has 0 unspecified atom stereocenters. The van der Waals surface area contributed by atoms with Crippen LogP contribution in [0.2, 0.25) is 0 Å². The molecule has 110 valence electrons. The van der Waals surface area contributed by atoms with Gasteiger partial charge in [0.15, 0.2) is 11.5 Å². The molecule has 2 nitrogen and oxygen atoms in total. The molecule has 0 bridgehead atoms. The van der Waals surface area contributed by atoms with Crippen LogP contribution in [0.25, 0.3) is 5.57 Å². The molecule has 1 aliphatic heterocycles. The summed E-state index contributed by atoms with van der Waals surface area (Å²) in [7, 11) is 0. The highest BCUT2D eigenvalue weighted by atomic mass is 16.7. The van der Waals surface area contributed by atoms with Gasteiger partial charge in [-0.2, -0.15) is 0 Å². The van der Waals surface area contributed by atoms with Crippen LogP contribution < -0.4 is 9.47 Å². The maximum absolute atomic E-state index is 5.85. The Kier molecular flexibility index (Phi) is 3.62. The van der Waals surface area contributed by atoms with Gasteiger partial charge in [-0.1, -0.05) is 32.4 Å². The fourth-order valence-electron chi connectivity index (χ4n) is 2.51. The molecule has 0 aliphatic carbocycles. The topological polar surface area (TPSA) is 18.5 Å². The lowest BCUT2D eigenvalue weighted by atomic mass is 9.83. The average molecular weight is 274 g/mol. The van der Waals surface area contributed by atoms with Gasteiger partial charge in [0.25, 0.3) is 0 Å². The van der Waals surface area contributed by atoms with Gasteiger partial charge in [-0.15, -0.1) is 0 Å². The van der Waals surface area contributed by atoms with Crippen molar-refractivity contribution < 1.29 is 9.47 Å². The van der Waals surface area contributed by atoms with E-state index in [1.54, 1.807) is 0 Å². The highest BCUT2D eigenvalue weighted by molar-refractivity contribution is 5.71. The molecule has 0 fully saturated rings. The molecule has 2 heteroatoms. The third-order valence-electron chi connectivity index (χ3n) is 3.31. The minimum Gasteiger partial charge on any atom is -0.449 e. The smallest absolute Gasteiger partial charge is 0.246 e. The monoisotopic (exact) mass is 274 g/mol. The van der Waals surface area contributed by atoms with Crippen LogP contribution in [-0.4, -0.2) is 5.79 Å². The molecule has 20 heavy (non-hydrogen) atoms. The molecule has 0 amide bonds. The molecule has 0 radical (unpaired) electrons. The summed E-state index contributed by atoms with van der Waals surface area (Å²) in [6.45, 7) is 15.0. The Balaban J connectivity index is 2.37. The maximum Gasteiger partial charge on any atom is 0.246 e. The SMILES string of the molecule is CC(C)=C(CC(C)(C)C)c1ccc2c(c1)OC(C)(C)O2. The Hall–Kier alpha value is -1.44. The molecule has 1 heterocycles. The first kappa shape index (κ1) is 15.0. The number of hydrogen-bond acceptors (Lipinski definition) is 2. The zero-order chi connectivity index (χ0) is 15.1. The number of allylic oxidation sites excluding steroid dienone is 2. The standard InChI is InChI=1S/C18H26O2/c1-12(2)14(11-17(3,4)5)13-8-9-15-16(10-13)20-18(6,7)19-15/h8-10H,11H2,1-7H3. The minimum absolute atomic E-state index is 0.266. The molecule has 0 aromatic heterocycles. The molecule has 0 spiro atoms. The summed E-state index contributed by atoms with van der Waals surface area (Å²) in [5.41, 5.74) is 4.26. The van der Waals surface area contributed by atoms with E-state index in [2.05, 4.69) is 46.8 Å². The summed E-state index contributed by atoms with van der Waals surface area (Å²) in [5, 5.41) is 0. The lowest BCUT2D eigenvalue weighted by molar-refractivity contribution is -0.0431. The fraction of sp³-hybridized carbons (Fsp3) is 0.556. The van der Waals surface area contributed by atoms with Crippen molar-refractivity contribution in [2.75, 3.05) is 0 Å². The summed E-state index contributed by atoms with van der Waals surface area (Å²) < 4.78 is 11.6. The second-order valence-electron chi connectivity index (χ2n) is 7.48. The predicted molar refractivity (Wildman–Crippen MR) is 84.1 cm³/mol. The molecule has 0 atom stereocenters. The quantitative estimate of drug-likeness (QED) is 0.716. The maximum atomic E-state index is 5.85. The molecule has 1 aliphatic rings. The zero-order valence-corrected chi connectivity index (χ0v) is 13.8. The number of ether oxygens (including phenoxy) is 2. The molecule has 1 aromatic rings. The highest BCUT2D eigenvalue weighted by Gasteiger charge is 2.32. The van der Waals surface area contributed by atoms with Gasteiger partial charge in [0.2, 0.25) is 5.79 Å². The molecule has 2 rings (SSSR count). The van der Waals surface area contributed by atoms with Crippen molar-refractivity contribution in [1.29, 1.82) is 0 Å². The van der Waals surface area contributed by atoms with E-state index >= 15 is 0 Å². The van der Waals surface area contributed by atoms with Crippen molar-refractivity contribution in [2.45, 2.75) is 60.7 Å². The minimum atomic E-state index is -0.559. The Bertz CT molecular complexity index is 541. The van der Waals surface area contributed by atoms with Crippen LogP contribution in [0.15, 0.2) is 23.8 Å². The molecular weight excluding hydrogens is 248 g/mol. The van der Waals surface area contributed by atoms with Gasteiger partial charge < -0.3 is 9.47 Å². The lowest BCUT2D eigenvalue weighted by Crippen LogP contribution is -2.29. The lowest BCUT2D eigenvalue weighted by Gasteiger charge is -2.22. The van der Waals surface area contributed by atoms with E-state index in [-0.39, 0.29) is 5.41 Å². The van der Waals surface area contributed by atoms with Gasteiger partial charge in [0.1, 0.15) is 0 Å². The number of rotatable bonds is 2. The van der Waals surface area contributed by atoms with E-state index in [0.29, 0.717) is 0 Å². The van der Waals surface area contributed by atoms with E-state index in [4.69, 9.17) is 9.47 Å². The second-order valence-corrected chi connectivity index (χ2v) is 7.48. The van der Waals surface area contributed by atoms with Crippen LogP contribution in [0, 0.1) is 5.41 Å². The Morgan fingerprint density at radius 1 is 1.05 bits per heavy atom. The number of fused-ring (bicyclic) bond motifs is 1. The molecular formula is C18H26O2. The van der Waals surface area contributed by atoms with Gasteiger partial charge in [-0.25, -0.2) is 0 Å². The van der Waals surface area contributed by atoms with E-state index < -0.39 is 5.79 Å². The predicted octanol–water partition coefficient (Wildman–Crippen LogP) is 5.42.